The van der Waals surface area contributed by atoms with Gasteiger partial charge in [-0.3, -0.25) is 4.79 Å². The third-order valence-corrected chi connectivity index (χ3v) is 5.34. The van der Waals surface area contributed by atoms with Gasteiger partial charge in [-0.05, 0) is 49.9 Å². The Morgan fingerprint density at radius 3 is 2.00 bits per heavy atom. The molecule has 0 atom stereocenters. The number of alkyl halides is 6. The second-order valence-corrected chi connectivity index (χ2v) is 8.09. The Morgan fingerprint density at radius 1 is 0.939 bits per heavy atom. The predicted molar refractivity (Wildman–Crippen MR) is 110 cm³/mol. The van der Waals surface area contributed by atoms with E-state index in [2.05, 4.69) is 20.6 Å². The zero-order valence-electron chi connectivity index (χ0n) is 17.9. The molecule has 0 spiro atoms. The van der Waals surface area contributed by atoms with Gasteiger partial charge in [0.1, 0.15) is 5.82 Å². The molecule has 3 rings (SSSR count). The number of aromatic nitrogens is 2. The molecule has 1 aromatic heterocycles. The first-order valence-corrected chi connectivity index (χ1v) is 10.2. The largest absolute Gasteiger partial charge is 0.416 e. The monoisotopic (exact) mass is 475 g/mol. The van der Waals surface area contributed by atoms with Gasteiger partial charge in [-0.1, -0.05) is 0 Å². The molecule has 1 aliphatic rings. The summed E-state index contributed by atoms with van der Waals surface area (Å²) in [6.45, 7) is 0. The number of rotatable bonds is 5. The Hall–Kier alpha value is -3.05. The van der Waals surface area contributed by atoms with E-state index in [4.69, 9.17) is 0 Å². The van der Waals surface area contributed by atoms with E-state index in [1.54, 1.807) is 12.3 Å². The number of benzene rings is 1. The topological polar surface area (TPSA) is 70.2 Å². The van der Waals surface area contributed by atoms with Gasteiger partial charge in [-0.15, -0.1) is 0 Å². The molecule has 2 N–H and O–H groups in total. The molecule has 1 saturated carbocycles. The van der Waals surface area contributed by atoms with Crippen molar-refractivity contribution in [2.24, 2.45) is 0 Å². The highest BCUT2D eigenvalue weighted by molar-refractivity contribution is 5.94. The van der Waals surface area contributed by atoms with Crippen LogP contribution < -0.4 is 15.5 Å². The summed E-state index contributed by atoms with van der Waals surface area (Å²) in [5.74, 6) is 0.218. The van der Waals surface area contributed by atoms with Crippen molar-refractivity contribution in [3.05, 3.63) is 47.2 Å². The van der Waals surface area contributed by atoms with Crippen LogP contribution in [0.25, 0.3) is 0 Å². The van der Waals surface area contributed by atoms with E-state index < -0.39 is 35.0 Å². The smallest absolute Gasteiger partial charge is 0.363 e. The second-order valence-electron chi connectivity index (χ2n) is 8.09. The minimum atomic E-state index is -5.01. The molecule has 0 unspecified atom stereocenters. The van der Waals surface area contributed by atoms with Gasteiger partial charge in [0.25, 0.3) is 5.91 Å². The molecule has 0 aliphatic heterocycles. The number of nitrogens with zero attached hydrogens (tertiary/aromatic N) is 3. The van der Waals surface area contributed by atoms with E-state index >= 15 is 0 Å². The zero-order chi connectivity index (χ0) is 24.4. The highest BCUT2D eigenvalue weighted by Gasteiger charge is 2.37. The summed E-state index contributed by atoms with van der Waals surface area (Å²) in [7, 11) is 3.70. The van der Waals surface area contributed by atoms with E-state index in [-0.39, 0.29) is 18.2 Å². The quantitative estimate of drug-likeness (QED) is 0.612. The summed E-state index contributed by atoms with van der Waals surface area (Å²) in [5, 5.41) is 5.78. The number of hydrogen-bond donors (Lipinski definition) is 2. The number of hydrogen-bond acceptors (Lipinski definition) is 5. The molecule has 12 heteroatoms. The van der Waals surface area contributed by atoms with Crippen LogP contribution in [-0.2, 0) is 12.4 Å². The number of carbonyl (C=O) groups is 1. The Labute approximate surface area is 186 Å². The van der Waals surface area contributed by atoms with Gasteiger partial charge in [0.2, 0.25) is 5.95 Å². The van der Waals surface area contributed by atoms with Gasteiger partial charge >= 0.3 is 12.4 Å². The molecule has 2 aromatic rings. The Morgan fingerprint density at radius 2 is 1.48 bits per heavy atom. The first-order chi connectivity index (χ1) is 15.3. The Kier molecular flexibility index (Phi) is 7.03. The molecule has 1 heterocycles. The normalized spacial score (nSPS) is 19.2. The molecule has 0 saturated heterocycles. The van der Waals surface area contributed by atoms with E-state index in [0.717, 1.165) is 5.82 Å². The van der Waals surface area contributed by atoms with Gasteiger partial charge in [0.15, 0.2) is 0 Å². The maximum atomic E-state index is 13.0. The van der Waals surface area contributed by atoms with Gasteiger partial charge in [-0.2, -0.15) is 31.3 Å². The SMILES string of the molecule is CN(C)c1ccnc(N[C@H]2CC[C@@H](NC(=O)c3cc(C(F)(F)F)cc(C(F)(F)F)c3)CC2)n1. The number of anilines is 2. The first-order valence-electron chi connectivity index (χ1n) is 10.2. The Bertz CT molecular complexity index is 952. The highest BCUT2D eigenvalue weighted by atomic mass is 19.4. The standard InChI is InChI=1S/C21H23F6N5O/c1-32(2)17-7-8-28-19(31-17)30-16-5-3-15(4-6-16)29-18(33)12-9-13(20(22,23)24)11-14(10-12)21(25,26)27/h7-11,15-16H,3-6H2,1-2H3,(H,29,33)(H,28,30,31)/t15-,16+. The fraction of sp³-hybridized carbons (Fsp3) is 0.476. The van der Waals surface area contributed by atoms with Crippen molar-refractivity contribution in [1.82, 2.24) is 15.3 Å². The Balaban J connectivity index is 1.63. The summed E-state index contributed by atoms with van der Waals surface area (Å²) in [4.78, 5) is 22.8. The van der Waals surface area contributed by atoms with Crippen molar-refractivity contribution in [3.8, 4) is 0 Å². The molecule has 1 aliphatic carbocycles. The molecular weight excluding hydrogens is 452 g/mol. The van der Waals surface area contributed by atoms with Gasteiger partial charge in [0, 0.05) is 37.9 Å². The van der Waals surface area contributed by atoms with Crippen molar-refractivity contribution in [1.29, 1.82) is 0 Å². The summed E-state index contributed by atoms with van der Waals surface area (Å²) in [5.41, 5.74) is -3.71. The average Bonchev–Trinajstić information content (AvgIpc) is 2.73. The van der Waals surface area contributed by atoms with Crippen LogP contribution >= 0.6 is 0 Å². The first kappa shape index (κ1) is 24.6. The van der Waals surface area contributed by atoms with Crippen LogP contribution in [0.15, 0.2) is 30.5 Å². The van der Waals surface area contributed by atoms with Gasteiger partial charge in [-0.25, -0.2) is 4.98 Å². The lowest BCUT2D eigenvalue weighted by atomic mass is 9.91. The van der Waals surface area contributed by atoms with Crippen LogP contribution in [0.5, 0.6) is 0 Å². The summed E-state index contributed by atoms with van der Waals surface area (Å²) < 4.78 is 78.2. The molecular formula is C21H23F6N5O. The fourth-order valence-corrected chi connectivity index (χ4v) is 3.59. The van der Waals surface area contributed by atoms with E-state index in [9.17, 15) is 31.1 Å². The predicted octanol–water partition coefficient (Wildman–Crippen LogP) is 4.73. The molecule has 1 aromatic carbocycles. The fourth-order valence-electron chi connectivity index (χ4n) is 3.59. The van der Waals surface area contributed by atoms with Gasteiger partial charge < -0.3 is 15.5 Å². The minimum absolute atomic E-state index is 0.00101. The summed E-state index contributed by atoms with van der Waals surface area (Å²) >= 11 is 0. The maximum absolute atomic E-state index is 13.0. The molecule has 0 radical (unpaired) electrons. The van der Waals surface area contributed by atoms with Crippen molar-refractivity contribution < 1.29 is 31.1 Å². The lowest BCUT2D eigenvalue weighted by molar-refractivity contribution is -0.143. The van der Waals surface area contributed by atoms with Crippen LogP contribution in [0.1, 0.15) is 47.2 Å². The zero-order valence-corrected chi connectivity index (χ0v) is 17.9. The molecule has 1 amide bonds. The molecule has 33 heavy (non-hydrogen) atoms. The van der Waals surface area contributed by atoms with Crippen LogP contribution in [0, 0.1) is 0 Å². The minimum Gasteiger partial charge on any atom is -0.363 e. The van der Waals surface area contributed by atoms with Crippen LogP contribution in [0.2, 0.25) is 0 Å². The van der Waals surface area contributed by atoms with E-state index in [1.165, 1.54) is 0 Å². The van der Waals surface area contributed by atoms with E-state index in [0.29, 0.717) is 43.8 Å². The molecule has 1 fully saturated rings. The van der Waals surface area contributed by atoms with Crippen LogP contribution in [0.3, 0.4) is 0 Å². The molecule has 180 valence electrons. The van der Waals surface area contributed by atoms with Crippen molar-refractivity contribution in [2.75, 3.05) is 24.3 Å². The van der Waals surface area contributed by atoms with Gasteiger partial charge in [0.05, 0.1) is 11.1 Å². The third kappa shape index (κ3) is 6.48. The van der Waals surface area contributed by atoms with Crippen molar-refractivity contribution >= 4 is 17.7 Å². The maximum Gasteiger partial charge on any atom is 0.416 e. The summed E-state index contributed by atoms with van der Waals surface area (Å²) in [6, 6.07) is 2.30. The summed E-state index contributed by atoms with van der Waals surface area (Å²) in [6.07, 6.45) is -6.14. The molecule has 6 nitrogen and oxygen atoms in total. The van der Waals surface area contributed by atoms with E-state index in [1.807, 2.05) is 19.0 Å². The number of amides is 1. The van der Waals surface area contributed by atoms with Crippen LogP contribution in [-0.4, -0.2) is 42.1 Å². The highest BCUT2D eigenvalue weighted by Crippen LogP contribution is 2.36. The van der Waals surface area contributed by atoms with Crippen molar-refractivity contribution in [2.45, 2.75) is 50.1 Å². The lowest BCUT2D eigenvalue weighted by Crippen LogP contribution is -2.40. The third-order valence-electron chi connectivity index (χ3n) is 5.34. The number of nitrogens with one attached hydrogen (secondary N) is 2. The lowest BCUT2D eigenvalue weighted by Gasteiger charge is -2.30. The number of halogens is 6. The van der Waals surface area contributed by atoms with Crippen molar-refractivity contribution in [3.63, 3.8) is 0 Å². The molecule has 0 bridgehead atoms. The average molecular weight is 475 g/mol. The van der Waals surface area contributed by atoms with Crippen LogP contribution in [0.4, 0.5) is 38.1 Å². The number of carbonyl (C=O) groups excluding carboxylic acids is 1. The second kappa shape index (κ2) is 9.44.